The number of aryl methyl sites for hydroxylation is 3. The van der Waals surface area contributed by atoms with Crippen LogP contribution in [0.3, 0.4) is 0 Å². The van der Waals surface area contributed by atoms with Gasteiger partial charge < -0.3 is 20.3 Å². The molecule has 0 aliphatic carbocycles. The van der Waals surface area contributed by atoms with Crippen LogP contribution in [0.4, 0.5) is 10.1 Å². The van der Waals surface area contributed by atoms with Crippen LogP contribution in [-0.4, -0.2) is 60.2 Å². The molecule has 1 amide bonds. The minimum Gasteiger partial charge on any atom is -0.480 e. The molecule has 0 aliphatic rings. The number of fused-ring (bicyclic) bond motifs is 1. The largest absolute Gasteiger partial charge is 0.480 e. The first kappa shape index (κ1) is 26.9. The van der Waals surface area contributed by atoms with Crippen molar-refractivity contribution in [2.45, 2.75) is 39.3 Å². The fraction of sp³-hybridized carbons (Fsp3) is 0.269. The number of carbonyl (C=O) groups is 2. The van der Waals surface area contributed by atoms with Crippen LogP contribution in [0.25, 0.3) is 10.9 Å². The molecule has 0 saturated heterocycles. The van der Waals surface area contributed by atoms with Crippen molar-refractivity contribution in [1.82, 2.24) is 35.9 Å². The lowest BCUT2D eigenvalue weighted by atomic mass is 10.0. The van der Waals surface area contributed by atoms with Crippen LogP contribution < -0.4 is 15.8 Å². The normalized spacial score (nSPS) is 11.6. The van der Waals surface area contributed by atoms with Gasteiger partial charge in [0.05, 0.1) is 28.7 Å². The summed E-state index contributed by atoms with van der Waals surface area (Å²) < 4.78 is 15.3. The van der Waals surface area contributed by atoms with Crippen LogP contribution in [0.2, 0.25) is 0 Å². The highest BCUT2D eigenvalue weighted by Gasteiger charge is 2.26. The number of rotatable bonds is 10. The molecule has 0 aliphatic heterocycles. The number of carbonyl (C=O) groups excluding carboxylic acids is 1. The molecule has 0 bridgehead atoms. The van der Waals surface area contributed by atoms with Crippen molar-refractivity contribution in [3.05, 3.63) is 74.8 Å². The first-order valence-corrected chi connectivity index (χ1v) is 11.9. The Morgan fingerprint density at radius 3 is 2.77 bits per heavy atom. The molecule has 0 fully saturated rings. The van der Waals surface area contributed by atoms with E-state index in [1.165, 1.54) is 23.1 Å². The number of aliphatic carboxylic acids is 1. The standard InChI is InChI=1S/C26H25FN8O4/c1-4-10-35(13-16-12-18-21(11-14(16)2)28-15(3)29-25(18)37)23-17(6-5-7-19(23)27)24(36)30-20(26(38)39)8-9-22-31-33-34-32-22/h1,5-7,11-12,20H,8-10,13H2,2-3H3,(H,30,36)(H,38,39)(H,28,29,37)(H,31,32,33,34). The number of nitrogens with one attached hydrogen (secondary N) is 3. The number of carboxylic acid groups (broad SMARTS) is 1. The number of benzene rings is 2. The molecular formula is C26H25FN8O4. The van der Waals surface area contributed by atoms with E-state index in [4.69, 9.17) is 6.42 Å². The molecule has 4 aromatic rings. The number of hydrogen-bond donors (Lipinski definition) is 4. The van der Waals surface area contributed by atoms with Gasteiger partial charge in [-0.25, -0.2) is 14.2 Å². The molecule has 13 heteroatoms. The average molecular weight is 533 g/mol. The van der Waals surface area contributed by atoms with E-state index in [-0.39, 0.29) is 48.6 Å². The summed E-state index contributed by atoms with van der Waals surface area (Å²) in [6, 6.07) is 6.06. The van der Waals surface area contributed by atoms with Gasteiger partial charge in [-0.05, 0) is 55.7 Å². The lowest BCUT2D eigenvalue weighted by Crippen LogP contribution is -2.42. The summed E-state index contributed by atoms with van der Waals surface area (Å²) >= 11 is 0. The van der Waals surface area contributed by atoms with Gasteiger partial charge in [0.1, 0.15) is 17.7 Å². The number of carboxylic acids is 1. The molecule has 39 heavy (non-hydrogen) atoms. The summed E-state index contributed by atoms with van der Waals surface area (Å²) in [5.41, 5.74) is 1.49. The van der Waals surface area contributed by atoms with Crippen molar-refractivity contribution in [3.8, 4) is 12.3 Å². The Morgan fingerprint density at radius 2 is 2.08 bits per heavy atom. The molecule has 1 atom stereocenters. The van der Waals surface area contributed by atoms with Crippen molar-refractivity contribution in [1.29, 1.82) is 0 Å². The molecule has 2 heterocycles. The zero-order valence-electron chi connectivity index (χ0n) is 21.2. The van der Waals surface area contributed by atoms with Crippen molar-refractivity contribution < 1.29 is 19.1 Å². The Balaban J connectivity index is 1.66. The van der Waals surface area contributed by atoms with E-state index in [2.05, 4.69) is 41.8 Å². The zero-order chi connectivity index (χ0) is 28.1. The SMILES string of the molecule is C#CCN(Cc1cc2c(=O)[nH]c(C)nc2cc1C)c1c(F)cccc1C(=O)NC(CCc1nn[nH]n1)C(=O)O. The van der Waals surface area contributed by atoms with Crippen LogP contribution in [0.1, 0.15) is 39.6 Å². The molecule has 200 valence electrons. The summed E-state index contributed by atoms with van der Waals surface area (Å²) in [7, 11) is 0. The predicted molar refractivity (Wildman–Crippen MR) is 140 cm³/mol. The van der Waals surface area contributed by atoms with Gasteiger partial charge in [-0.15, -0.1) is 16.6 Å². The Hall–Kier alpha value is -5.12. The lowest BCUT2D eigenvalue weighted by Gasteiger charge is -2.27. The number of terminal acetylenes is 1. The number of amides is 1. The maximum atomic E-state index is 15.3. The Labute approximate surface area is 221 Å². The average Bonchev–Trinajstić information content (AvgIpc) is 3.40. The topological polar surface area (TPSA) is 170 Å². The minimum atomic E-state index is -1.29. The van der Waals surface area contributed by atoms with E-state index < -0.39 is 23.7 Å². The van der Waals surface area contributed by atoms with Gasteiger partial charge in [-0.3, -0.25) is 9.59 Å². The Kier molecular flexibility index (Phi) is 7.95. The van der Waals surface area contributed by atoms with Crippen LogP contribution in [0, 0.1) is 32.0 Å². The van der Waals surface area contributed by atoms with Crippen LogP contribution in [0.5, 0.6) is 0 Å². The highest BCUT2D eigenvalue weighted by atomic mass is 19.1. The third-order valence-corrected chi connectivity index (χ3v) is 6.12. The van der Waals surface area contributed by atoms with E-state index in [1.54, 1.807) is 19.1 Å². The second-order valence-electron chi connectivity index (χ2n) is 8.87. The monoisotopic (exact) mass is 532 g/mol. The number of para-hydroxylation sites is 1. The molecule has 2 aromatic heterocycles. The van der Waals surface area contributed by atoms with E-state index in [0.29, 0.717) is 22.3 Å². The number of anilines is 1. The Bertz CT molecular complexity index is 1630. The van der Waals surface area contributed by atoms with Gasteiger partial charge in [0.25, 0.3) is 11.5 Å². The quantitative estimate of drug-likeness (QED) is 0.222. The first-order chi connectivity index (χ1) is 18.7. The number of tetrazole rings is 1. The van der Waals surface area contributed by atoms with Gasteiger partial charge in [-0.2, -0.15) is 5.21 Å². The molecule has 12 nitrogen and oxygen atoms in total. The molecule has 0 radical (unpaired) electrons. The first-order valence-electron chi connectivity index (χ1n) is 11.9. The molecule has 0 spiro atoms. The van der Waals surface area contributed by atoms with Gasteiger partial charge in [0.15, 0.2) is 5.82 Å². The van der Waals surface area contributed by atoms with Crippen molar-refractivity contribution in [2.24, 2.45) is 0 Å². The number of nitrogens with zero attached hydrogens (tertiary/aromatic N) is 5. The summed E-state index contributed by atoms with van der Waals surface area (Å²) in [4.78, 5) is 46.1. The summed E-state index contributed by atoms with van der Waals surface area (Å²) in [5, 5.41) is 25.7. The fourth-order valence-corrected chi connectivity index (χ4v) is 4.23. The maximum Gasteiger partial charge on any atom is 0.326 e. The van der Waals surface area contributed by atoms with Crippen molar-refractivity contribution in [3.63, 3.8) is 0 Å². The van der Waals surface area contributed by atoms with Crippen molar-refractivity contribution in [2.75, 3.05) is 11.4 Å². The molecule has 4 N–H and O–H groups in total. The minimum absolute atomic E-state index is 0.0162. The van der Waals surface area contributed by atoms with Gasteiger partial charge in [-0.1, -0.05) is 17.2 Å². The van der Waals surface area contributed by atoms with E-state index in [0.717, 1.165) is 5.56 Å². The van der Waals surface area contributed by atoms with Gasteiger partial charge >= 0.3 is 5.97 Å². The van der Waals surface area contributed by atoms with E-state index in [9.17, 15) is 19.5 Å². The number of halogens is 1. The molecule has 0 saturated carbocycles. The number of hydrogen-bond acceptors (Lipinski definition) is 8. The van der Waals surface area contributed by atoms with E-state index >= 15 is 4.39 Å². The number of aromatic amines is 2. The second kappa shape index (κ2) is 11.5. The second-order valence-corrected chi connectivity index (χ2v) is 8.87. The Morgan fingerprint density at radius 1 is 1.28 bits per heavy atom. The van der Waals surface area contributed by atoms with Crippen molar-refractivity contribution >= 4 is 28.5 Å². The maximum absolute atomic E-state index is 15.3. The predicted octanol–water partition coefficient (Wildman–Crippen LogP) is 1.65. The van der Waals surface area contributed by atoms with E-state index in [1.807, 2.05) is 6.92 Å². The molecule has 2 aromatic carbocycles. The van der Waals surface area contributed by atoms with Crippen LogP contribution in [0.15, 0.2) is 35.1 Å². The highest BCUT2D eigenvalue weighted by Crippen LogP contribution is 2.28. The summed E-state index contributed by atoms with van der Waals surface area (Å²) in [6.07, 6.45) is 5.72. The zero-order valence-corrected chi connectivity index (χ0v) is 21.2. The molecule has 4 rings (SSSR count). The van der Waals surface area contributed by atoms with Crippen LogP contribution >= 0.6 is 0 Å². The highest BCUT2D eigenvalue weighted by molar-refractivity contribution is 6.01. The van der Waals surface area contributed by atoms with Gasteiger partial charge in [0.2, 0.25) is 0 Å². The lowest BCUT2D eigenvalue weighted by molar-refractivity contribution is -0.139. The number of aromatic nitrogens is 6. The smallest absolute Gasteiger partial charge is 0.326 e. The summed E-state index contributed by atoms with van der Waals surface area (Å²) in [5.74, 6) is 0.466. The van der Waals surface area contributed by atoms with Crippen LogP contribution in [-0.2, 0) is 17.8 Å². The number of H-pyrrole nitrogens is 2. The molecule has 1 unspecified atom stereocenters. The third-order valence-electron chi connectivity index (χ3n) is 6.12. The van der Waals surface area contributed by atoms with Gasteiger partial charge in [0, 0.05) is 13.0 Å². The summed E-state index contributed by atoms with van der Waals surface area (Å²) in [6.45, 7) is 3.52. The fourth-order valence-electron chi connectivity index (χ4n) is 4.23. The third kappa shape index (κ3) is 6.07. The molecular weight excluding hydrogens is 507 g/mol.